The maximum absolute atomic E-state index is 14.5. The van der Waals surface area contributed by atoms with Crippen molar-refractivity contribution in [2.45, 2.75) is 96.3 Å². The number of carbonyl (C=O) groups is 3. The first kappa shape index (κ1) is 125. The molecule has 46 heteroatoms. The van der Waals surface area contributed by atoms with Crippen LogP contribution in [0.15, 0.2) is 214 Å². The van der Waals surface area contributed by atoms with Gasteiger partial charge in [0.1, 0.15) is 58.5 Å². The number of aromatic carboxylic acids is 3. The minimum Gasteiger partial charge on any atom is -0.477 e. The summed E-state index contributed by atoms with van der Waals surface area (Å²) in [6.07, 6.45) is 0. The van der Waals surface area contributed by atoms with E-state index < -0.39 is 86.4 Å². The molecule has 23 nitrogen and oxygen atoms in total. The molecule has 0 fully saturated rings. The van der Waals surface area contributed by atoms with Gasteiger partial charge in [-0.2, -0.15) is 0 Å². The first-order valence-corrected chi connectivity index (χ1v) is 47.3. The van der Waals surface area contributed by atoms with E-state index in [0.29, 0.717) is 91.9 Å². The van der Waals surface area contributed by atoms with Crippen molar-refractivity contribution in [1.82, 2.24) is 84.7 Å². The molecule has 17 aromatic rings. The summed E-state index contributed by atoms with van der Waals surface area (Å²) in [6, 6.07) is 70.8. The third kappa shape index (κ3) is 30.9. The number of carboxylic acid groups (broad SMARTS) is 3. The fourth-order valence-corrected chi connectivity index (χ4v) is 16.6. The van der Waals surface area contributed by atoms with Gasteiger partial charge in [-0.25, -0.2) is 60.1 Å². The van der Waals surface area contributed by atoms with Crippen LogP contribution in [0.4, 0.5) is 30.7 Å². The Kier molecular flexibility index (Phi) is 44.8. The number of aromatic nitrogens is 17. The predicted octanol–water partition coefficient (Wildman–Crippen LogP) is 27.6. The van der Waals surface area contributed by atoms with E-state index in [9.17, 15) is 50.2 Å². The fourth-order valence-electron chi connectivity index (χ4n) is 13.8. The Bertz CT molecular complexity index is 7070. The molecule has 778 valence electrons. The van der Waals surface area contributed by atoms with Crippen molar-refractivity contribution in [2.75, 3.05) is 0 Å². The molecule has 0 aromatic carbocycles. The standard InChI is InChI=1S/C23H12Cl6N4.C23H12Cl2F4N4.C19H14Br2N3O2.C19H14BrFN3O2.C19H14F2N3O2.5Pt/c1-23(2,17-9-11(24)7-15(30-17)13-3-5-19(26)32-21(13)28)18-10-12(25)8-16(31-18)14-4-6-20(27)33-22(14)29;1-23(2,17-9-11(26)7-15(30-17)13-3-5-19(24)32-21(13)28)18-10-12(27)8-16(31-18)14-4-6-20(25)33-22(14)29;3*1-19(2,15-8-4-6-13(23-15)18(25)26)14-7-3-5-12(22-14)11-9-10-16(20)24-17(11)21;;;;;/h2*5-10H,1-2H3;3*3-8,10H,1-2H3,(H,25,26);;;;;/q2*-2;3*-1;;;;2*+2. The molecule has 0 unspecified atom stereocenters. The molecule has 17 aromatic heterocycles. The number of carboxylic acids is 3. The van der Waals surface area contributed by atoms with Gasteiger partial charge < -0.3 is 70.1 Å². The SMILES string of the molecule is CC(C)(c1cc(Cl)cc(-c2[c-]cc(Cl)nc2Cl)n1)c1cc(Cl)cc(-c2[c-]cc(Cl)nc2Cl)n1.CC(C)(c1cc(F)cc(-c2[c-]cc(Cl)nc2F)n1)c1cc(F)cc(-c2[c-]cc(Cl)nc2F)n1.CC(C)(c1cccc(C(=O)O)n1)c1cccc(-c2[c-]cc(Br)nc2Br)n1.CC(C)(c1cccc(C(=O)O)n1)c1cccc(-c2[c-]cc(Br)nc2F)n1.CC(C)(c1cccc(C(=O)O)n1)c1cccc(-c2[c-]cc(F)nc2F)n1.[Pt+2].[Pt+2].[Pt].[Pt].[Pt]. The fraction of sp³-hybridized carbons (Fsp3) is 0.146. The van der Waals surface area contributed by atoms with Gasteiger partial charge in [0.2, 0.25) is 0 Å². The van der Waals surface area contributed by atoms with E-state index in [1.54, 1.807) is 111 Å². The van der Waals surface area contributed by atoms with Crippen molar-refractivity contribution >= 4 is 159 Å². The van der Waals surface area contributed by atoms with Crippen LogP contribution in [0.5, 0.6) is 0 Å². The molecule has 0 saturated heterocycles. The van der Waals surface area contributed by atoms with Crippen LogP contribution in [0, 0.1) is 83.8 Å². The summed E-state index contributed by atoms with van der Waals surface area (Å²) in [5.74, 6) is -9.30. The molecule has 0 atom stereocenters. The Labute approximate surface area is 986 Å². The van der Waals surface area contributed by atoms with E-state index in [1.165, 1.54) is 48.5 Å². The zero-order valence-corrected chi connectivity index (χ0v) is 99.8. The number of rotatable bonds is 20. The molecule has 17 heterocycles. The molecule has 0 aliphatic rings. The molecule has 0 spiro atoms. The van der Waals surface area contributed by atoms with Gasteiger partial charge in [-0.3, -0.25) is 15.0 Å². The quantitative estimate of drug-likeness (QED) is 0.0362. The smallest absolute Gasteiger partial charge is 0.477 e. The van der Waals surface area contributed by atoms with Gasteiger partial charge in [-0.1, -0.05) is 183 Å². The maximum Gasteiger partial charge on any atom is 2.00 e. The second kappa shape index (κ2) is 53.5. The Balaban J connectivity index is 0.000000226. The van der Waals surface area contributed by atoms with Crippen LogP contribution in [-0.2, 0) is 132 Å². The Hall–Kier alpha value is -9.33. The van der Waals surface area contributed by atoms with E-state index in [2.05, 4.69) is 160 Å². The van der Waals surface area contributed by atoms with Crippen molar-refractivity contribution in [3.05, 3.63) is 413 Å². The summed E-state index contributed by atoms with van der Waals surface area (Å²) in [5, 5.41) is 29.0. The zero-order valence-electron chi connectivity index (χ0n) is 77.6. The number of nitrogens with zero attached hydrogens (tertiary/aromatic N) is 17. The van der Waals surface area contributed by atoms with E-state index in [-0.39, 0.29) is 204 Å². The van der Waals surface area contributed by atoms with Crippen molar-refractivity contribution in [3.8, 4) is 78.8 Å². The predicted molar refractivity (Wildman–Crippen MR) is 541 cm³/mol. The summed E-state index contributed by atoms with van der Waals surface area (Å²) >= 11 is 58.4. The normalized spacial score (nSPS) is 11.1. The molecule has 0 amide bonds. The van der Waals surface area contributed by atoms with E-state index in [1.807, 2.05) is 79.7 Å². The van der Waals surface area contributed by atoms with Gasteiger partial charge in [-0.15, -0.1) is 148 Å². The Morgan fingerprint density at radius 2 is 0.517 bits per heavy atom. The third-order valence-electron chi connectivity index (χ3n) is 21.7. The summed E-state index contributed by atoms with van der Waals surface area (Å²) in [4.78, 5) is 104. The zero-order chi connectivity index (χ0) is 105. The molecule has 149 heavy (non-hydrogen) atoms. The van der Waals surface area contributed by atoms with Crippen LogP contribution in [0.1, 0.15) is 158 Å². The topological polar surface area (TPSA) is 331 Å². The molecule has 0 saturated carbocycles. The molecule has 17 rings (SSSR count). The largest absolute Gasteiger partial charge is 2.00 e. The van der Waals surface area contributed by atoms with Crippen LogP contribution in [0.3, 0.4) is 0 Å². The first-order valence-electron chi connectivity index (χ1n) is 41.9. The minimum atomic E-state index is -1.18. The summed E-state index contributed by atoms with van der Waals surface area (Å²) in [5.41, 5.74) is 4.79. The molecular weight excluding hydrogens is 3200 g/mol. The van der Waals surface area contributed by atoms with Gasteiger partial charge in [-0.05, 0) is 200 Å². The van der Waals surface area contributed by atoms with Gasteiger partial charge in [0.05, 0.1) is 17.1 Å². The summed E-state index contributed by atoms with van der Waals surface area (Å²) < 4.78 is 100. The van der Waals surface area contributed by atoms with Gasteiger partial charge in [0.25, 0.3) is 0 Å². The number of halogens is 18. The maximum atomic E-state index is 14.5. The molecule has 0 radical (unpaired) electrons. The molecule has 0 aliphatic heterocycles. The molecule has 0 aliphatic carbocycles. The minimum absolute atomic E-state index is 0. The first-order chi connectivity index (χ1) is 67.9. The average Bonchev–Trinajstić information content (AvgIpc) is 0.778. The molecular formula is C103H66Br3Cl8F7N17O6Pt5-3. The van der Waals surface area contributed by atoms with Crippen molar-refractivity contribution in [3.63, 3.8) is 0 Å². The van der Waals surface area contributed by atoms with Crippen LogP contribution in [0.25, 0.3) is 78.8 Å². The van der Waals surface area contributed by atoms with E-state index in [4.69, 9.17) is 118 Å². The summed E-state index contributed by atoms with van der Waals surface area (Å²) in [7, 11) is 0. The molecule has 3 N–H and O–H groups in total. The van der Waals surface area contributed by atoms with Crippen LogP contribution >= 0.6 is 141 Å². The monoisotopic (exact) mass is 3260 g/mol. The van der Waals surface area contributed by atoms with Gasteiger partial charge >= 0.3 is 60.0 Å². The summed E-state index contributed by atoms with van der Waals surface area (Å²) in [6.45, 7) is 18.5. The van der Waals surface area contributed by atoms with Crippen LogP contribution < -0.4 is 0 Å². The van der Waals surface area contributed by atoms with Gasteiger partial charge in [0.15, 0.2) is 0 Å². The average molecular weight is 3270 g/mol. The van der Waals surface area contributed by atoms with E-state index in [0.717, 1.165) is 47.3 Å². The second-order valence-electron chi connectivity index (χ2n) is 33.4. The number of pyridine rings is 17. The van der Waals surface area contributed by atoms with Crippen LogP contribution in [0.2, 0.25) is 41.0 Å². The van der Waals surface area contributed by atoms with Gasteiger partial charge in [0, 0.05) is 185 Å². The van der Waals surface area contributed by atoms with Crippen LogP contribution in [-0.4, -0.2) is 118 Å². The third-order valence-corrected chi connectivity index (χ3v) is 24.9. The molecule has 0 bridgehead atoms. The number of hydrogen-bond donors (Lipinski definition) is 3. The van der Waals surface area contributed by atoms with Crippen molar-refractivity contribution < 1.29 is 166 Å². The van der Waals surface area contributed by atoms with Crippen molar-refractivity contribution in [1.29, 1.82) is 0 Å². The second-order valence-corrected chi connectivity index (χ2v) is 38.9. The Morgan fingerprint density at radius 1 is 0.268 bits per heavy atom. The Morgan fingerprint density at radius 3 is 0.832 bits per heavy atom. The number of hydrogen-bond acceptors (Lipinski definition) is 20. The van der Waals surface area contributed by atoms with E-state index >= 15 is 0 Å². The van der Waals surface area contributed by atoms with Crippen molar-refractivity contribution in [2.24, 2.45) is 0 Å².